The first-order valence-electron chi connectivity index (χ1n) is 7.76. The smallest absolute Gasteiger partial charge is 0.320 e. The highest BCUT2D eigenvalue weighted by Crippen LogP contribution is 2.31. The van der Waals surface area contributed by atoms with Crippen LogP contribution in [0, 0.1) is 5.92 Å². The van der Waals surface area contributed by atoms with Gasteiger partial charge in [0.15, 0.2) is 0 Å². The van der Waals surface area contributed by atoms with Crippen molar-refractivity contribution in [2.45, 2.75) is 25.1 Å². The Bertz CT molecular complexity index is 590. The van der Waals surface area contributed by atoms with E-state index in [9.17, 15) is 18.0 Å². The highest BCUT2D eigenvalue weighted by Gasteiger charge is 2.36. The Kier molecular flexibility index (Phi) is 4.23. The summed E-state index contributed by atoms with van der Waals surface area (Å²) in [4.78, 5) is 16.5. The third-order valence-corrected chi connectivity index (χ3v) is 4.60. The van der Waals surface area contributed by atoms with Gasteiger partial charge in [-0.15, -0.1) is 0 Å². The van der Waals surface area contributed by atoms with Crippen LogP contribution in [0.4, 0.5) is 23.7 Å². The summed E-state index contributed by atoms with van der Waals surface area (Å²) < 4.78 is 38.3. The first-order valence-corrected chi connectivity index (χ1v) is 7.76. The van der Waals surface area contributed by atoms with Crippen LogP contribution in [0.25, 0.3) is 0 Å². The Labute approximate surface area is 133 Å². The Morgan fingerprint density at radius 3 is 2.74 bits per heavy atom. The van der Waals surface area contributed by atoms with Crippen LogP contribution < -0.4 is 5.32 Å². The molecule has 4 nitrogen and oxygen atoms in total. The number of amides is 2. The molecule has 0 spiro atoms. The summed E-state index contributed by atoms with van der Waals surface area (Å²) in [5.74, 6) is 0.436. The van der Waals surface area contributed by atoms with Crippen molar-refractivity contribution in [1.82, 2.24) is 9.80 Å². The Hall–Kier alpha value is -1.76. The Balaban J connectivity index is 1.72. The number of hydrogen-bond donors (Lipinski definition) is 1. The van der Waals surface area contributed by atoms with Gasteiger partial charge in [-0.05, 0) is 44.0 Å². The van der Waals surface area contributed by atoms with Crippen LogP contribution in [0.5, 0.6) is 0 Å². The van der Waals surface area contributed by atoms with Crippen molar-refractivity contribution in [2.24, 2.45) is 5.92 Å². The van der Waals surface area contributed by atoms with E-state index in [1.54, 1.807) is 4.90 Å². The van der Waals surface area contributed by atoms with E-state index >= 15 is 0 Å². The molecule has 3 aliphatic rings. The van der Waals surface area contributed by atoms with Crippen LogP contribution in [-0.4, -0.2) is 48.6 Å². The van der Waals surface area contributed by atoms with E-state index in [1.165, 1.54) is 12.1 Å². The van der Waals surface area contributed by atoms with Gasteiger partial charge in [-0.1, -0.05) is 6.07 Å². The number of hydrogen-bond acceptors (Lipinski definition) is 2. The number of alkyl halides is 3. The molecule has 126 valence electrons. The number of urea groups is 1. The van der Waals surface area contributed by atoms with Crippen molar-refractivity contribution in [3.8, 4) is 0 Å². The van der Waals surface area contributed by atoms with Crippen molar-refractivity contribution in [1.29, 1.82) is 0 Å². The van der Waals surface area contributed by atoms with E-state index in [0.717, 1.165) is 38.1 Å². The highest BCUT2D eigenvalue weighted by molar-refractivity contribution is 5.89. The molecule has 0 aromatic heterocycles. The third-order valence-electron chi connectivity index (χ3n) is 4.60. The monoisotopic (exact) mass is 327 g/mol. The number of fused-ring (bicyclic) bond motifs is 4. The van der Waals surface area contributed by atoms with Crippen molar-refractivity contribution in [3.63, 3.8) is 0 Å². The van der Waals surface area contributed by atoms with Crippen LogP contribution >= 0.6 is 0 Å². The van der Waals surface area contributed by atoms with Gasteiger partial charge in [0.25, 0.3) is 0 Å². The molecule has 3 heterocycles. The maximum atomic E-state index is 12.8. The van der Waals surface area contributed by atoms with Gasteiger partial charge in [-0.2, -0.15) is 13.2 Å². The summed E-state index contributed by atoms with van der Waals surface area (Å²) in [6.07, 6.45) is -2.36. The molecule has 1 aromatic rings. The topological polar surface area (TPSA) is 35.6 Å². The maximum Gasteiger partial charge on any atom is 0.416 e. The summed E-state index contributed by atoms with van der Waals surface area (Å²) in [6, 6.07) is 4.58. The first kappa shape index (κ1) is 16.1. The second kappa shape index (κ2) is 6.03. The molecule has 3 aliphatic heterocycles. The third kappa shape index (κ3) is 3.60. The lowest BCUT2D eigenvalue weighted by molar-refractivity contribution is -0.137. The number of nitrogens with one attached hydrogen (secondary N) is 1. The van der Waals surface area contributed by atoms with E-state index in [-0.39, 0.29) is 17.8 Å². The minimum absolute atomic E-state index is 0.129. The average Bonchev–Trinajstić information content (AvgIpc) is 2.75. The van der Waals surface area contributed by atoms with E-state index < -0.39 is 11.7 Å². The zero-order valence-electron chi connectivity index (χ0n) is 12.9. The zero-order chi connectivity index (χ0) is 16.6. The fraction of sp³-hybridized carbons (Fsp3) is 0.562. The average molecular weight is 327 g/mol. The van der Waals surface area contributed by atoms with Crippen molar-refractivity contribution >= 4 is 11.7 Å². The highest BCUT2D eigenvalue weighted by atomic mass is 19.4. The summed E-state index contributed by atoms with van der Waals surface area (Å²) in [5, 5.41) is 2.62. The standard InChI is InChI=1S/C16H20F3N3O/c1-21-8-11-5-6-14(10-21)22(9-11)15(23)20-13-4-2-3-12(7-13)16(17,18)19/h2-4,7,11,14H,5-6,8-10H2,1H3,(H,20,23)/t11-,14+/m1/s1. The molecule has 0 unspecified atom stereocenters. The van der Waals surface area contributed by atoms with E-state index in [1.807, 2.05) is 7.05 Å². The SMILES string of the molecule is CN1C[C@H]2CC[C@@H](C1)N(C(=O)Nc1cccc(C(F)(F)F)c1)C2. The molecule has 0 radical (unpaired) electrons. The molecular formula is C16H20F3N3O. The van der Waals surface area contributed by atoms with Gasteiger partial charge in [-0.3, -0.25) is 0 Å². The fourth-order valence-electron chi connectivity index (χ4n) is 3.53. The largest absolute Gasteiger partial charge is 0.416 e. The summed E-state index contributed by atoms with van der Waals surface area (Å²) >= 11 is 0. The molecule has 3 fully saturated rings. The van der Waals surface area contributed by atoms with Crippen molar-refractivity contribution < 1.29 is 18.0 Å². The number of carbonyl (C=O) groups excluding carboxylic acids is 1. The molecule has 23 heavy (non-hydrogen) atoms. The molecule has 7 heteroatoms. The number of rotatable bonds is 1. The molecule has 2 bridgehead atoms. The number of halogens is 3. The Morgan fingerprint density at radius 2 is 2.00 bits per heavy atom. The van der Waals surface area contributed by atoms with Crippen LogP contribution in [0.1, 0.15) is 18.4 Å². The minimum atomic E-state index is -4.41. The van der Waals surface area contributed by atoms with Gasteiger partial charge >= 0.3 is 12.2 Å². The predicted molar refractivity (Wildman–Crippen MR) is 81.2 cm³/mol. The Morgan fingerprint density at radius 1 is 1.22 bits per heavy atom. The number of nitrogens with zero attached hydrogens (tertiary/aromatic N) is 2. The number of piperidine rings is 1. The number of carbonyl (C=O) groups is 1. The summed E-state index contributed by atoms with van der Waals surface area (Å²) in [6.45, 7) is 2.44. The van der Waals surface area contributed by atoms with Crippen molar-refractivity contribution in [2.75, 3.05) is 32.0 Å². The molecule has 1 N–H and O–H groups in total. The van der Waals surface area contributed by atoms with Crippen LogP contribution in [0.3, 0.4) is 0 Å². The van der Waals surface area contributed by atoms with Crippen molar-refractivity contribution in [3.05, 3.63) is 29.8 Å². The molecule has 1 aromatic carbocycles. The van der Waals surface area contributed by atoms with Gasteiger partial charge in [0.05, 0.1) is 5.56 Å². The lowest BCUT2D eigenvalue weighted by Crippen LogP contribution is -2.49. The van der Waals surface area contributed by atoms with Crippen LogP contribution in [-0.2, 0) is 6.18 Å². The van der Waals surface area contributed by atoms with Gasteiger partial charge in [0.2, 0.25) is 0 Å². The second-order valence-corrected chi connectivity index (χ2v) is 6.48. The van der Waals surface area contributed by atoms with E-state index in [2.05, 4.69) is 10.2 Å². The molecule has 3 saturated heterocycles. The molecule has 0 aliphatic carbocycles. The predicted octanol–water partition coefficient (Wildman–Crippen LogP) is 3.26. The lowest BCUT2D eigenvalue weighted by Gasteiger charge is -2.36. The number of benzene rings is 1. The van der Waals surface area contributed by atoms with Gasteiger partial charge in [-0.25, -0.2) is 4.79 Å². The van der Waals surface area contributed by atoms with Crippen LogP contribution in [0.15, 0.2) is 24.3 Å². The van der Waals surface area contributed by atoms with E-state index in [4.69, 9.17) is 0 Å². The zero-order valence-corrected chi connectivity index (χ0v) is 12.9. The molecule has 0 saturated carbocycles. The van der Waals surface area contributed by atoms with Gasteiger partial charge in [0.1, 0.15) is 0 Å². The number of likely N-dealkylation sites (N-methyl/N-ethyl adjacent to an activating group) is 1. The normalized spacial score (nSPS) is 25.3. The van der Waals surface area contributed by atoms with Gasteiger partial charge < -0.3 is 15.1 Å². The molecule has 4 rings (SSSR count). The second-order valence-electron chi connectivity index (χ2n) is 6.48. The molecule has 2 atom stereocenters. The van der Waals surface area contributed by atoms with Gasteiger partial charge in [0, 0.05) is 31.4 Å². The number of anilines is 1. The molecular weight excluding hydrogens is 307 g/mol. The summed E-state index contributed by atoms with van der Waals surface area (Å²) in [7, 11) is 2.04. The fourth-order valence-corrected chi connectivity index (χ4v) is 3.53. The molecule has 2 amide bonds. The first-order chi connectivity index (χ1) is 10.8. The van der Waals surface area contributed by atoms with Crippen LogP contribution in [0.2, 0.25) is 0 Å². The van der Waals surface area contributed by atoms with E-state index in [0.29, 0.717) is 12.5 Å². The lowest BCUT2D eigenvalue weighted by atomic mass is 9.95. The minimum Gasteiger partial charge on any atom is -0.320 e. The quantitative estimate of drug-likeness (QED) is 0.859. The summed E-state index contributed by atoms with van der Waals surface area (Å²) in [5.41, 5.74) is -0.578. The maximum absolute atomic E-state index is 12.8.